The van der Waals surface area contributed by atoms with Crippen molar-refractivity contribution < 1.29 is 19.1 Å². The number of benzene rings is 1. The van der Waals surface area contributed by atoms with E-state index in [4.69, 9.17) is 19.5 Å². The fourth-order valence-electron chi connectivity index (χ4n) is 2.52. The molecule has 27 heavy (non-hydrogen) atoms. The number of hydrogen-bond donors (Lipinski definition) is 1. The number of ether oxygens (including phenoxy) is 3. The van der Waals surface area contributed by atoms with Crippen LogP contribution >= 0.6 is 0 Å². The molecule has 0 spiro atoms. The molecule has 0 radical (unpaired) electrons. The Morgan fingerprint density at radius 2 is 2.00 bits per heavy atom. The third-order valence-corrected chi connectivity index (χ3v) is 3.77. The SMILES string of the molecule is COCc1c([N+](=O)[O-])c(/C=C/c2ccc(OC)cc2OC)[nH]c(=O)c1C#N. The van der Waals surface area contributed by atoms with Gasteiger partial charge in [0.2, 0.25) is 0 Å². The van der Waals surface area contributed by atoms with E-state index in [1.807, 2.05) is 0 Å². The molecule has 0 saturated carbocycles. The van der Waals surface area contributed by atoms with Crippen molar-refractivity contribution in [3.05, 3.63) is 61.1 Å². The van der Waals surface area contributed by atoms with Crippen LogP contribution in [0.25, 0.3) is 12.2 Å². The van der Waals surface area contributed by atoms with E-state index in [9.17, 15) is 14.9 Å². The molecule has 1 heterocycles. The average Bonchev–Trinajstić information content (AvgIpc) is 2.66. The predicted molar refractivity (Wildman–Crippen MR) is 97.6 cm³/mol. The Kier molecular flexibility index (Phi) is 6.30. The van der Waals surface area contributed by atoms with Crippen molar-refractivity contribution in [2.75, 3.05) is 21.3 Å². The Hall–Kier alpha value is -3.64. The van der Waals surface area contributed by atoms with Gasteiger partial charge in [-0.15, -0.1) is 0 Å². The monoisotopic (exact) mass is 371 g/mol. The fourth-order valence-corrected chi connectivity index (χ4v) is 2.52. The van der Waals surface area contributed by atoms with Gasteiger partial charge in [0.25, 0.3) is 11.2 Å². The molecule has 0 unspecified atom stereocenters. The van der Waals surface area contributed by atoms with Gasteiger partial charge < -0.3 is 19.2 Å². The first-order valence-corrected chi connectivity index (χ1v) is 7.69. The molecule has 1 aromatic carbocycles. The van der Waals surface area contributed by atoms with Gasteiger partial charge in [0.15, 0.2) is 0 Å². The van der Waals surface area contributed by atoms with Crippen molar-refractivity contribution in [3.8, 4) is 17.6 Å². The molecule has 0 aliphatic heterocycles. The van der Waals surface area contributed by atoms with Crippen LogP contribution in [0.5, 0.6) is 11.5 Å². The lowest BCUT2D eigenvalue weighted by atomic mass is 10.1. The summed E-state index contributed by atoms with van der Waals surface area (Å²) in [4.78, 5) is 25.4. The largest absolute Gasteiger partial charge is 0.497 e. The van der Waals surface area contributed by atoms with E-state index in [-0.39, 0.29) is 23.4 Å². The van der Waals surface area contributed by atoms with Crippen molar-refractivity contribution in [2.45, 2.75) is 6.61 Å². The minimum absolute atomic E-state index is 0.0473. The van der Waals surface area contributed by atoms with Crippen molar-refractivity contribution in [1.82, 2.24) is 4.98 Å². The first kappa shape index (κ1) is 19.7. The lowest BCUT2D eigenvalue weighted by Gasteiger charge is -2.08. The van der Waals surface area contributed by atoms with Gasteiger partial charge in [-0.3, -0.25) is 14.9 Å². The van der Waals surface area contributed by atoms with Crippen molar-refractivity contribution >= 4 is 17.8 Å². The summed E-state index contributed by atoms with van der Waals surface area (Å²) < 4.78 is 15.3. The van der Waals surface area contributed by atoms with Crippen molar-refractivity contribution in [2.24, 2.45) is 0 Å². The molecule has 0 atom stereocenters. The van der Waals surface area contributed by atoms with Gasteiger partial charge >= 0.3 is 0 Å². The summed E-state index contributed by atoms with van der Waals surface area (Å²) in [5, 5.41) is 20.7. The maximum atomic E-state index is 12.1. The van der Waals surface area contributed by atoms with Crippen LogP contribution in [0.3, 0.4) is 0 Å². The molecule has 0 saturated heterocycles. The van der Waals surface area contributed by atoms with E-state index >= 15 is 0 Å². The van der Waals surface area contributed by atoms with Crippen LogP contribution in [-0.2, 0) is 11.3 Å². The number of rotatable bonds is 7. The number of H-pyrrole nitrogens is 1. The normalized spacial score (nSPS) is 10.6. The highest BCUT2D eigenvalue weighted by atomic mass is 16.6. The third-order valence-electron chi connectivity index (χ3n) is 3.77. The summed E-state index contributed by atoms with van der Waals surface area (Å²) >= 11 is 0. The lowest BCUT2D eigenvalue weighted by molar-refractivity contribution is -0.386. The number of methoxy groups -OCH3 is 3. The topological polar surface area (TPSA) is 127 Å². The summed E-state index contributed by atoms with van der Waals surface area (Å²) in [7, 11) is 4.32. The number of nitrogens with one attached hydrogen (secondary N) is 1. The van der Waals surface area contributed by atoms with Crippen LogP contribution in [0.4, 0.5) is 5.69 Å². The molecule has 2 rings (SSSR count). The molecule has 1 N–H and O–H groups in total. The Balaban J connectivity index is 2.63. The molecule has 1 aromatic heterocycles. The second kappa shape index (κ2) is 8.64. The van der Waals surface area contributed by atoms with Gasteiger partial charge in [0.1, 0.15) is 28.8 Å². The summed E-state index contributed by atoms with van der Waals surface area (Å²) in [6.07, 6.45) is 2.93. The van der Waals surface area contributed by atoms with Gasteiger partial charge in [0, 0.05) is 18.7 Å². The van der Waals surface area contributed by atoms with Gasteiger partial charge in [-0.2, -0.15) is 5.26 Å². The number of hydrogen-bond acceptors (Lipinski definition) is 7. The molecular formula is C18H17N3O6. The maximum absolute atomic E-state index is 12.1. The maximum Gasteiger partial charge on any atom is 0.299 e. The van der Waals surface area contributed by atoms with E-state index in [1.165, 1.54) is 27.4 Å². The fraction of sp³-hybridized carbons (Fsp3) is 0.222. The quantitative estimate of drug-likeness (QED) is 0.585. The molecule has 140 valence electrons. The van der Waals surface area contributed by atoms with E-state index in [2.05, 4.69) is 4.98 Å². The third kappa shape index (κ3) is 4.13. The molecule has 9 nitrogen and oxygen atoms in total. The van der Waals surface area contributed by atoms with Crippen LogP contribution in [0, 0.1) is 21.4 Å². The van der Waals surface area contributed by atoms with Crippen LogP contribution in [-0.4, -0.2) is 31.2 Å². The number of nitriles is 1. The highest BCUT2D eigenvalue weighted by Gasteiger charge is 2.25. The standard InChI is InChI=1S/C18H17N3O6/c1-25-10-14-13(9-19)18(22)20-15(17(14)21(23)24)7-5-11-4-6-12(26-2)8-16(11)27-3/h4-8H,10H2,1-3H3,(H,20,22)/b7-5+. The number of nitrogens with zero attached hydrogens (tertiary/aromatic N) is 2. The minimum atomic E-state index is -0.725. The number of aromatic amines is 1. The first-order valence-electron chi connectivity index (χ1n) is 7.69. The number of aromatic nitrogens is 1. The molecule has 0 aliphatic rings. The van der Waals surface area contributed by atoms with Crippen LogP contribution in [0.15, 0.2) is 23.0 Å². The predicted octanol–water partition coefficient (Wildman–Crippen LogP) is 2.49. The number of nitro groups is 1. The molecule has 0 amide bonds. The Morgan fingerprint density at radius 1 is 1.26 bits per heavy atom. The molecule has 0 bridgehead atoms. The smallest absolute Gasteiger partial charge is 0.299 e. The van der Waals surface area contributed by atoms with Gasteiger partial charge in [0.05, 0.1) is 31.3 Å². The average molecular weight is 371 g/mol. The summed E-state index contributed by atoms with van der Waals surface area (Å²) in [6.45, 7) is -0.240. The Bertz CT molecular complexity index is 988. The molecular weight excluding hydrogens is 354 g/mol. The molecule has 9 heteroatoms. The lowest BCUT2D eigenvalue weighted by Crippen LogP contribution is -2.18. The van der Waals surface area contributed by atoms with Crippen LogP contribution < -0.4 is 15.0 Å². The summed E-state index contributed by atoms with van der Waals surface area (Å²) in [6, 6.07) is 6.76. The molecule has 2 aromatic rings. The van der Waals surface area contributed by atoms with Gasteiger partial charge in [-0.05, 0) is 24.3 Å². The first-order chi connectivity index (χ1) is 13.0. The van der Waals surface area contributed by atoms with Crippen molar-refractivity contribution in [1.29, 1.82) is 5.26 Å². The molecule has 0 aliphatic carbocycles. The van der Waals surface area contributed by atoms with Crippen LogP contribution in [0.1, 0.15) is 22.4 Å². The Labute approximate surface area is 154 Å². The molecule has 0 fully saturated rings. The van der Waals surface area contributed by atoms with E-state index in [1.54, 1.807) is 30.3 Å². The van der Waals surface area contributed by atoms with Gasteiger partial charge in [-0.25, -0.2) is 0 Å². The summed E-state index contributed by atoms with van der Waals surface area (Å²) in [5.74, 6) is 1.07. The second-order valence-corrected chi connectivity index (χ2v) is 5.31. The highest BCUT2D eigenvalue weighted by molar-refractivity contribution is 5.76. The van der Waals surface area contributed by atoms with Crippen molar-refractivity contribution in [3.63, 3.8) is 0 Å². The van der Waals surface area contributed by atoms with Gasteiger partial charge in [-0.1, -0.05) is 0 Å². The highest BCUT2D eigenvalue weighted by Crippen LogP contribution is 2.29. The zero-order chi connectivity index (χ0) is 20.0. The number of pyridine rings is 1. The zero-order valence-electron chi connectivity index (χ0n) is 14.9. The summed E-state index contributed by atoms with van der Waals surface area (Å²) in [5.41, 5.74) is -0.967. The Morgan fingerprint density at radius 3 is 2.56 bits per heavy atom. The van der Waals surface area contributed by atoms with E-state index in [0.29, 0.717) is 17.1 Å². The second-order valence-electron chi connectivity index (χ2n) is 5.31. The van der Waals surface area contributed by atoms with Crippen LogP contribution in [0.2, 0.25) is 0 Å². The minimum Gasteiger partial charge on any atom is -0.497 e. The van der Waals surface area contributed by atoms with E-state index in [0.717, 1.165) is 0 Å². The zero-order valence-corrected chi connectivity index (χ0v) is 14.9. The van der Waals surface area contributed by atoms with E-state index < -0.39 is 16.2 Å².